The number of unbranched alkanes of at least 4 members (excludes halogenated alkanes) is 11. The number of nitrogens with zero attached hydrogens (tertiary/aromatic N) is 1. The summed E-state index contributed by atoms with van der Waals surface area (Å²) in [7, 11) is 3.45. The van der Waals surface area contributed by atoms with Gasteiger partial charge in [0.15, 0.2) is 0 Å². The van der Waals surface area contributed by atoms with E-state index in [0.29, 0.717) is 19.4 Å². The SMILES string of the molecule is CCCC(=O)N[C@@H](Cc1ccc(O)cc1)C(=O)NCCCN(CCCCCCCCNCCCCCCNCc1ccccc1OC)CCCCCCNCc1ccccc1OC.Cl.Cl.Cl.Cl. The van der Waals surface area contributed by atoms with Crippen LogP contribution in [0.1, 0.15) is 133 Å². The van der Waals surface area contributed by atoms with Crippen LogP contribution in [0, 0.1) is 0 Å². The molecular formula is C52H88Cl4N6O5. The van der Waals surface area contributed by atoms with E-state index < -0.39 is 6.04 Å². The number of phenolic OH excluding ortho intramolecular Hbond substituents is 1. The molecule has 2 amide bonds. The lowest BCUT2D eigenvalue weighted by Gasteiger charge is -2.23. The maximum absolute atomic E-state index is 13.3. The molecule has 15 heteroatoms. The third-order valence-corrected chi connectivity index (χ3v) is 11.6. The number of rotatable bonds is 39. The minimum absolute atomic E-state index is 0. The van der Waals surface area contributed by atoms with E-state index in [9.17, 15) is 14.7 Å². The Kier molecular flexibility index (Phi) is 43.6. The van der Waals surface area contributed by atoms with Crippen LogP contribution in [-0.4, -0.2) is 94.4 Å². The standard InChI is InChI=1S/C52H84N6O5.4ClH/c1-4-24-51(60)57-48(41-44-29-31-47(59)32-30-44)52(61)56-37-23-40-58(39-22-12-10-20-36-55-43-46-26-14-16-28-50(46)63-3)38-21-11-6-5-7-17-33-53-34-18-8-9-19-35-54-42-45-25-13-15-27-49(45)62-2;;;;/h13-16,25-32,48,53-55,59H,4-12,17-24,33-43H2,1-3H3,(H,56,61)(H,57,60);4*1H/t48-;;;;/m0..../s1. The van der Waals surface area contributed by atoms with Crippen LogP contribution in [0.2, 0.25) is 0 Å². The molecule has 0 saturated heterocycles. The third-order valence-electron chi connectivity index (χ3n) is 11.6. The largest absolute Gasteiger partial charge is 0.508 e. The molecule has 67 heavy (non-hydrogen) atoms. The molecule has 384 valence electrons. The van der Waals surface area contributed by atoms with Crippen LogP contribution in [0.4, 0.5) is 0 Å². The smallest absolute Gasteiger partial charge is 0.242 e. The second-order valence-corrected chi connectivity index (χ2v) is 16.9. The molecular weight excluding hydrogens is 930 g/mol. The summed E-state index contributed by atoms with van der Waals surface area (Å²) >= 11 is 0. The lowest BCUT2D eigenvalue weighted by atomic mass is 10.0. The first-order chi connectivity index (χ1) is 30.9. The van der Waals surface area contributed by atoms with Gasteiger partial charge in [0, 0.05) is 43.6 Å². The Morgan fingerprint density at radius 3 is 1.46 bits per heavy atom. The Hall–Kier alpha value is -3.00. The van der Waals surface area contributed by atoms with Gasteiger partial charge in [-0.25, -0.2) is 0 Å². The molecule has 0 spiro atoms. The second-order valence-electron chi connectivity index (χ2n) is 16.9. The molecule has 3 aromatic carbocycles. The summed E-state index contributed by atoms with van der Waals surface area (Å²) in [6, 6.07) is 22.6. The maximum atomic E-state index is 13.3. The van der Waals surface area contributed by atoms with Crippen molar-refractivity contribution in [2.75, 3.05) is 66.6 Å². The fourth-order valence-electron chi connectivity index (χ4n) is 7.90. The van der Waals surface area contributed by atoms with Gasteiger partial charge in [0.1, 0.15) is 23.3 Å². The number of halogens is 4. The molecule has 0 aromatic heterocycles. The van der Waals surface area contributed by atoms with Crippen LogP contribution in [0.15, 0.2) is 72.8 Å². The van der Waals surface area contributed by atoms with Gasteiger partial charge in [-0.15, -0.1) is 49.6 Å². The molecule has 0 fully saturated rings. The van der Waals surface area contributed by atoms with Gasteiger partial charge >= 0.3 is 0 Å². The highest BCUT2D eigenvalue weighted by atomic mass is 35.5. The molecule has 11 nitrogen and oxygen atoms in total. The van der Waals surface area contributed by atoms with Crippen molar-refractivity contribution in [2.45, 2.75) is 142 Å². The van der Waals surface area contributed by atoms with Crippen LogP contribution in [0.25, 0.3) is 0 Å². The number of aromatic hydroxyl groups is 1. The second kappa shape index (κ2) is 44.2. The minimum Gasteiger partial charge on any atom is -0.508 e. The first-order valence-corrected chi connectivity index (χ1v) is 24.4. The summed E-state index contributed by atoms with van der Waals surface area (Å²) in [6.45, 7) is 11.6. The van der Waals surface area contributed by atoms with E-state index in [2.05, 4.69) is 55.7 Å². The fraction of sp³-hybridized carbons (Fsp3) is 0.615. The van der Waals surface area contributed by atoms with Gasteiger partial charge in [-0.1, -0.05) is 107 Å². The number of methoxy groups -OCH3 is 2. The Labute approximate surface area is 429 Å². The van der Waals surface area contributed by atoms with E-state index in [1.165, 1.54) is 94.6 Å². The molecule has 0 aliphatic heterocycles. The van der Waals surface area contributed by atoms with E-state index >= 15 is 0 Å². The van der Waals surface area contributed by atoms with Crippen LogP contribution >= 0.6 is 49.6 Å². The lowest BCUT2D eigenvalue weighted by molar-refractivity contribution is -0.129. The van der Waals surface area contributed by atoms with Gasteiger partial charge in [0.25, 0.3) is 0 Å². The predicted octanol–water partition coefficient (Wildman–Crippen LogP) is 10.4. The number of amides is 2. The molecule has 0 heterocycles. The van der Waals surface area contributed by atoms with Gasteiger partial charge in [-0.3, -0.25) is 9.59 Å². The highest BCUT2D eigenvalue weighted by molar-refractivity contribution is 5.88. The van der Waals surface area contributed by atoms with E-state index in [1.807, 2.05) is 31.2 Å². The minimum atomic E-state index is -0.648. The summed E-state index contributed by atoms with van der Waals surface area (Å²) in [5.74, 6) is 1.79. The third kappa shape index (κ3) is 31.7. The topological polar surface area (TPSA) is 136 Å². The number of phenols is 1. The van der Waals surface area contributed by atoms with Crippen molar-refractivity contribution in [1.82, 2.24) is 31.5 Å². The number of para-hydroxylation sites is 2. The van der Waals surface area contributed by atoms with Crippen molar-refractivity contribution in [3.63, 3.8) is 0 Å². The molecule has 3 rings (SSSR count). The molecule has 0 aliphatic rings. The molecule has 0 bridgehead atoms. The maximum Gasteiger partial charge on any atom is 0.242 e. The van der Waals surface area contributed by atoms with Crippen molar-refractivity contribution >= 4 is 61.4 Å². The Morgan fingerprint density at radius 2 is 0.985 bits per heavy atom. The Morgan fingerprint density at radius 1 is 0.552 bits per heavy atom. The number of ether oxygens (including phenoxy) is 2. The number of benzene rings is 3. The monoisotopic (exact) mass is 1020 g/mol. The van der Waals surface area contributed by atoms with Crippen LogP contribution in [0.5, 0.6) is 17.2 Å². The average Bonchev–Trinajstić information content (AvgIpc) is 3.30. The number of hydrogen-bond donors (Lipinski definition) is 6. The normalized spacial score (nSPS) is 11.0. The first kappa shape index (κ1) is 66.1. The van der Waals surface area contributed by atoms with E-state index in [4.69, 9.17) is 9.47 Å². The van der Waals surface area contributed by atoms with Gasteiger partial charge in [0.2, 0.25) is 11.8 Å². The van der Waals surface area contributed by atoms with Crippen molar-refractivity contribution in [1.29, 1.82) is 0 Å². The zero-order valence-corrected chi connectivity index (χ0v) is 44.2. The number of hydrogen-bond acceptors (Lipinski definition) is 9. The summed E-state index contributed by atoms with van der Waals surface area (Å²) in [5.41, 5.74) is 3.30. The van der Waals surface area contributed by atoms with Gasteiger partial charge in [0.05, 0.1) is 14.2 Å². The molecule has 0 unspecified atom stereocenters. The summed E-state index contributed by atoms with van der Waals surface area (Å²) in [4.78, 5) is 28.4. The Bertz CT molecular complexity index is 1630. The highest BCUT2D eigenvalue weighted by Gasteiger charge is 2.21. The van der Waals surface area contributed by atoms with Gasteiger partial charge in [-0.2, -0.15) is 0 Å². The molecule has 0 saturated carbocycles. The number of nitrogens with one attached hydrogen (secondary N) is 5. The Balaban J connectivity index is 0. The summed E-state index contributed by atoms with van der Waals surface area (Å²) in [6.07, 6.45) is 19.6. The molecule has 0 radical (unpaired) electrons. The average molecular weight is 1020 g/mol. The number of carbonyl (C=O) groups excluding carboxylic acids is 2. The van der Waals surface area contributed by atoms with Crippen LogP contribution in [0.3, 0.4) is 0 Å². The molecule has 6 N–H and O–H groups in total. The van der Waals surface area contributed by atoms with E-state index in [-0.39, 0.29) is 67.2 Å². The predicted molar refractivity (Wildman–Crippen MR) is 289 cm³/mol. The fourth-order valence-corrected chi connectivity index (χ4v) is 7.90. The lowest BCUT2D eigenvalue weighted by Crippen LogP contribution is -2.48. The molecule has 0 aliphatic carbocycles. The van der Waals surface area contributed by atoms with E-state index in [0.717, 1.165) is 95.2 Å². The van der Waals surface area contributed by atoms with Crippen molar-refractivity contribution in [2.24, 2.45) is 0 Å². The summed E-state index contributed by atoms with van der Waals surface area (Å²) in [5, 5.41) is 26.5. The van der Waals surface area contributed by atoms with E-state index in [1.54, 1.807) is 38.5 Å². The van der Waals surface area contributed by atoms with Crippen molar-refractivity contribution < 1.29 is 24.2 Å². The quantitative estimate of drug-likeness (QED) is 0.0309. The molecule has 1 atom stereocenters. The van der Waals surface area contributed by atoms with Crippen LogP contribution in [-0.2, 0) is 29.1 Å². The van der Waals surface area contributed by atoms with Crippen molar-refractivity contribution in [3.8, 4) is 17.2 Å². The summed E-state index contributed by atoms with van der Waals surface area (Å²) < 4.78 is 10.9. The highest BCUT2D eigenvalue weighted by Crippen LogP contribution is 2.18. The van der Waals surface area contributed by atoms with Gasteiger partial charge in [-0.05, 0) is 127 Å². The number of carbonyl (C=O) groups is 2. The zero-order chi connectivity index (χ0) is 45.0. The van der Waals surface area contributed by atoms with Crippen molar-refractivity contribution in [3.05, 3.63) is 89.5 Å². The zero-order valence-electron chi connectivity index (χ0n) is 41.0. The van der Waals surface area contributed by atoms with Gasteiger partial charge < -0.3 is 46.1 Å². The molecule has 3 aromatic rings. The van der Waals surface area contributed by atoms with Crippen LogP contribution < -0.4 is 36.1 Å². The first-order valence-electron chi connectivity index (χ1n) is 24.4.